The van der Waals surface area contributed by atoms with E-state index in [-0.39, 0.29) is 5.92 Å². The van der Waals surface area contributed by atoms with Crippen molar-refractivity contribution in [1.82, 2.24) is 0 Å². The SMILES string of the molecule is C=C[C@@](CC[C@@H](C)[C@H]1CC[C@H]2[C@@H]3CC=C4CCCC[C@]4(C)[C@H]3CC[C@]12C)(OO)C(C)C. The third-order valence-corrected chi connectivity index (χ3v) is 11.3. The van der Waals surface area contributed by atoms with Crippen LogP contribution in [-0.2, 0) is 4.89 Å². The Morgan fingerprint density at radius 3 is 2.61 bits per heavy atom. The number of hydrogen-bond donors (Lipinski definition) is 1. The van der Waals surface area contributed by atoms with Gasteiger partial charge in [-0.15, -0.1) is 6.58 Å². The highest BCUT2D eigenvalue weighted by Crippen LogP contribution is 2.67. The Labute approximate surface area is 191 Å². The summed E-state index contributed by atoms with van der Waals surface area (Å²) in [6, 6.07) is 0. The second-order valence-electron chi connectivity index (χ2n) is 12.6. The molecule has 4 aliphatic rings. The van der Waals surface area contributed by atoms with Crippen LogP contribution in [0.5, 0.6) is 0 Å². The first-order valence-electron chi connectivity index (χ1n) is 13.4. The van der Waals surface area contributed by atoms with E-state index in [0.717, 1.165) is 36.5 Å². The molecule has 8 atom stereocenters. The van der Waals surface area contributed by atoms with Crippen molar-refractivity contribution in [2.75, 3.05) is 0 Å². The Hall–Kier alpha value is -0.600. The second kappa shape index (κ2) is 8.64. The van der Waals surface area contributed by atoms with Crippen LogP contribution in [0.15, 0.2) is 24.3 Å². The fraction of sp³-hybridized carbons (Fsp3) is 0.862. The van der Waals surface area contributed by atoms with Crippen LogP contribution < -0.4 is 0 Å². The summed E-state index contributed by atoms with van der Waals surface area (Å²) in [4.78, 5) is 5.00. The highest BCUT2D eigenvalue weighted by molar-refractivity contribution is 5.24. The summed E-state index contributed by atoms with van der Waals surface area (Å²) >= 11 is 0. The van der Waals surface area contributed by atoms with Crippen LogP contribution >= 0.6 is 0 Å². The summed E-state index contributed by atoms with van der Waals surface area (Å²) < 4.78 is 0. The minimum absolute atomic E-state index is 0.226. The van der Waals surface area contributed by atoms with Crippen LogP contribution in [0, 0.1) is 46.3 Å². The summed E-state index contributed by atoms with van der Waals surface area (Å²) in [5.74, 6) is 4.43. The normalized spacial score (nSPS) is 42.7. The van der Waals surface area contributed by atoms with Gasteiger partial charge in [0, 0.05) is 0 Å². The maximum atomic E-state index is 9.63. The van der Waals surface area contributed by atoms with Crippen LogP contribution in [0.25, 0.3) is 0 Å². The van der Waals surface area contributed by atoms with E-state index >= 15 is 0 Å². The first-order chi connectivity index (χ1) is 14.7. The van der Waals surface area contributed by atoms with Crippen molar-refractivity contribution in [3.63, 3.8) is 0 Å². The zero-order valence-corrected chi connectivity index (χ0v) is 21.0. The molecule has 0 saturated heterocycles. The maximum Gasteiger partial charge on any atom is 0.123 e. The van der Waals surface area contributed by atoms with Crippen molar-refractivity contribution in [2.24, 2.45) is 46.3 Å². The van der Waals surface area contributed by atoms with Crippen LogP contribution in [0.2, 0.25) is 0 Å². The van der Waals surface area contributed by atoms with Crippen molar-refractivity contribution in [1.29, 1.82) is 0 Å². The number of hydrogen-bond acceptors (Lipinski definition) is 2. The molecule has 0 radical (unpaired) electrons. The van der Waals surface area contributed by atoms with E-state index in [9.17, 15) is 5.26 Å². The molecular formula is C29H48O2. The lowest BCUT2D eigenvalue weighted by molar-refractivity contribution is -0.321. The van der Waals surface area contributed by atoms with E-state index in [1.807, 2.05) is 11.6 Å². The van der Waals surface area contributed by atoms with Gasteiger partial charge < -0.3 is 0 Å². The molecule has 31 heavy (non-hydrogen) atoms. The number of fused-ring (bicyclic) bond motifs is 5. The van der Waals surface area contributed by atoms with Crippen molar-refractivity contribution in [3.8, 4) is 0 Å². The average molecular weight is 429 g/mol. The van der Waals surface area contributed by atoms with E-state index in [0.29, 0.717) is 16.7 Å². The molecule has 0 aliphatic heterocycles. The lowest BCUT2D eigenvalue weighted by Gasteiger charge is -2.58. The molecule has 0 heterocycles. The maximum absolute atomic E-state index is 9.63. The lowest BCUT2D eigenvalue weighted by atomic mass is 9.47. The van der Waals surface area contributed by atoms with Crippen LogP contribution in [-0.4, -0.2) is 10.9 Å². The van der Waals surface area contributed by atoms with Gasteiger partial charge in [0.1, 0.15) is 5.60 Å². The average Bonchev–Trinajstić information content (AvgIpc) is 3.11. The van der Waals surface area contributed by atoms with Crippen LogP contribution in [0.1, 0.15) is 105 Å². The fourth-order valence-electron chi connectivity index (χ4n) is 9.14. The third-order valence-electron chi connectivity index (χ3n) is 11.3. The van der Waals surface area contributed by atoms with E-state index in [1.54, 1.807) is 0 Å². The number of rotatable bonds is 7. The molecule has 2 nitrogen and oxygen atoms in total. The van der Waals surface area contributed by atoms with Gasteiger partial charge in [-0.25, -0.2) is 4.89 Å². The van der Waals surface area contributed by atoms with Gasteiger partial charge in [-0.2, -0.15) is 0 Å². The second-order valence-corrected chi connectivity index (χ2v) is 12.6. The summed E-state index contributed by atoms with van der Waals surface area (Å²) in [7, 11) is 0. The third kappa shape index (κ3) is 3.68. The van der Waals surface area contributed by atoms with E-state index in [4.69, 9.17) is 4.89 Å². The Morgan fingerprint density at radius 1 is 1.16 bits per heavy atom. The smallest absolute Gasteiger partial charge is 0.123 e. The summed E-state index contributed by atoms with van der Waals surface area (Å²) in [6.45, 7) is 16.0. The highest BCUT2D eigenvalue weighted by atomic mass is 17.1. The van der Waals surface area contributed by atoms with Crippen LogP contribution in [0.3, 0.4) is 0 Å². The Kier molecular flexibility index (Phi) is 6.56. The van der Waals surface area contributed by atoms with Gasteiger partial charge >= 0.3 is 0 Å². The van der Waals surface area contributed by atoms with Crippen molar-refractivity contribution in [2.45, 2.75) is 111 Å². The van der Waals surface area contributed by atoms with Crippen molar-refractivity contribution in [3.05, 3.63) is 24.3 Å². The Balaban J connectivity index is 1.49. The van der Waals surface area contributed by atoms with E-state index in [1.165, 1.54) is 57.8 Å². The molecule has 0 aromatic rings. The Bertz CT molecular complexity index is 695. The minimum Gasteiger partial charge on any atom is -0.251 e. The predicted octanol–water partition coefficient (Wildman–Crippen LogP) is 8.44. The number of allylic oxidation sites excluding steroid dienone is 2. The molecule has 0 spiro atoms. The molecular weight excluding hydrogens is 380 g/mol. The molecule has 2 heteroatoms. The van der Waals surface area contributed by atoms with Gasteiger partial charge in [-0.1, -0.05) is 58.8 Å². The zero-order valence-electron chi connectivity index (χ0n) is 21.0. The van der Waals surface area contributed by atoms with Gasteiger partial charge in [0.25, 0.3) is 0 Å². The fourth-order valence-corrected chi connectivity index (χ4v) is 9.14. The van der Waals surface area contributed by atoms with Gasteiger partial charge in [0.2, 0.25) is 0 Å². The van der Waals surface area contributed by atoms with Gasteiger partial charge in [-0.3, -0.25) is 5.26 Å². The molecule has 1 N–H and O–H groups in total. The molecule has 4 aliphatic carbocycles. The summed E-state index contributed by atoms with van der Waals surface area (Å²) in [6.07, 6.45) is 19.2. The van der Waals surface area contributed by atoms with Gasteiger partial charge in [-0.05, 0) is 111 Å². The standard InChI is InChI=1S/C29H48O2/c1-7-29(31-30,20(2)3)19-15-21(4)24-13-14-25-23-12-11-22-10-8-9-17-27(22,5)26(23)16-18-28(24,25)6/h7,11,20-21,23-26,30H,1,8-10,12-19H2,2-6H3/t21-,23+,24-,25+,26+,27+,28-,29+/m1/s1. The monoisotopic (exact) mass is 428 g/mol. The molecule has 3 fully saturated rings. The molecule has 0 aromatic heterocycles. The Morgan fingerprint density at radius 2 is 1.94 bits per heavy atom. The van der Waals surface area contributed by atoms with Crippen molar-refractivity contribution >= 4 is 0 Å². The summed E-state index contributed by atoms with van der Waals surface area (Å²) in [5, 5.41) is 9.63. The first-order valence-corrected chi connectivity index (χ1v) is 13.4. The molecule has 0 amide bonds. The first kappa shape index (κ1) is 23.6. The molecule has 3 saturated carbocycles. The minimum atomic E-state index is -0.606. The topological polar surface area (TPSA) is 29.5 Å². The molecule has 0 aromatic carbocycles. The van der Waals surface area contributed by atoms with Crippen molar-refractivity contribution < 1.29 is 10.1 Å². The van der Waals surface area contributed by atoms with E-state index < -0.39 is 5.60 Å². The molecule has 0 bridgehead atoms. The quantitative estimate of drug-likeness (QED) is 0.250. The zero-order chi connectivity index (χ0) is 22.4. The largest absolute Gasteiger partial charge is 0.251 e. The van der Waals surface area contributed by atoms with E-state index in [2.05, 4.69) is 47.3 Å². The predicted molar refractivity (Wildman–Crippen MR) is 130 cm³/mol. The summed E-state index contributed by atoms with van der Waals surface area (Å²) in [5.41, 5.74) is 2.22. The van der Waals surface area contributed by atoms with Gasteiger partial charge in [0.15, 0.2) is 0 Å². The van der Waals surface area contributed by atoms with Crippen LogP contribution in [0.4, 0.5) is 0 Å². The molecule has 0 unspecified atom stereocenters. The highest BCUT2D eigenvalue weighted by Gasteiger charge is 2.58. The van der Waals surface area contributed by atoms with Gasteiger partial charge in [0.05, 0.1) is 0 Å². The molecule has 176 valence electrons. The lowest BCUT2D eigenvalue weighted by Crippen LogP contribution is -2.50. The molecule has 4 rings (SSSR count).